The van der Waals surface area contributed by atoms with Crippen molar-refractivity contribution in [2.24, 2.45) is 5.92 Å². The second-order valence-corrected chi connectivity index (χ2v) is 6.31. The van der Waals surface area contributed by atoms with E-state index >= 15 is 0 Å². The van der Waals surface area contributed by atoms with Gasteiger partial charge in [-0.05, 0) is 43.0 Å². The van der Waals surface area contributed by atoms with Crippen LogP contribution in [0.15, 0.2) is 18.2 Å². The van der Waals surface area contributed by atoms with Crippen LogP contribution in [0, 0.1) is 5.92 Å². The van der Waals surface area contributed by atoms with Crippen LogP contribution in [0.5, 0.6) is 11.5 Å². The molecule has 2 N–H and O–H groups in total. The van der Waals surface area contributed by atoms with Gasteiger partial charge in [-0.25, -0.2) is 0 Å². The van der Waals surface area contributed by atoms with E-state index in [-0.39, 0.29) is 13.4 Å². The van der Waals surface area contributed by atoms with E-state index < -0.39 is 6.10 Å². The van der Waals surface area contributed by atoms with Crippen LogP contribution in [0.4, 0.5) is 0 Å². The lowest BCUT2D eigenvalue weighted by molar-refractivity contribution is 0.0000941. The minimum Gasteiger partial charge on any atom is -0.454 e. The van der Waals surface area contributed by atoms with Crippen LogP contribution in [-0.4, -0.2) is 60.9 Å². The molecular weight excluding hydrogens is 298 g/mol. The third-order valence-electron chi connectivity index (χ3n) is 4.35. The molecule has 6 heteroatoms. The Morgan fingerprint density at radius 2 is 2.17 bits per heavy atom. The maximum Gasteiger partial charge on any atom is 0.231 e. The van der Waals surface area contributed by atoms with Gasteiger partial charge in [-0.2, -0.15) is 0 Å². The van der Waals surface area contributed by atoms with E-state index in [9.17, 15) is 10.2 Å². The average Bonchev–Trinajstić information content (AvgIpc) is 3.02. The third kappa shape index (κ3) is 4.57. The Balaban J connectivity index is 1.38. The molecule has 0 bridgehead atoms. The number of benzene rings is 1. The van der Waals surface area contributed by atoms with Gasteiger partial charge in [0.15, 0.2) is 11.5 Å². The van der Waals surface area contributed by atoms with E-state index in [4.69, 9.17) is 14.2 Å². The van der Waals surface area contributed by atoms with E-state index in [1.807, 2.05) is 18.2 Å². The van der Waals surface area contributed by atoms with Crippen LogP contribution in [0.1, 0.15) is 18.4 Å². The third-order valence-corrected chi connectivity index (χ3v) is 4.35. The topological polar surface area (TPSA) is 71.4 Å². The van der Waals surface area contributed by atoms with Crippen molar-refractivity contribution in [1.82, 2.24) is 4.90 Å². The van der Waals surface area contributed by atoms with Crippen LogP contribution in [0.2, 0.25) is 0 Å². The summed E-state index contributed by atoms with van der Waals surface area (Å²) in [6, 6.07) is 5.72. The number of hydrogen-bond acceptors (Lipinski definition) is 6. The highest BCUT2D eigenvalue weighted by atomic mass is 16.7. The number of nitrogens with zero attached hydrogens (tertiary/aromatic N) is 1. The molecule has 1 aromatic carbocycles. The molecule has 0 aromatic heterocycles. The van der Waals surface area contributed by atoms with Crippen molar-refractivity contribution < 1.29 is 24.4 Å². The van der Waals surface area contributed by atoms with Crippen molar-refractivity contribution in [2.45, 2.75) is 25.6 Å². The second-order valence-electron chi connectivity index (χ2n) is 6.31. The average molecular weight is 323 g/mol. The lowest BCUT2D eigenvalue weighted by atomic mass is 9.99. The summed E-state index contributed by atoms with van der Waals surface area (Å²) in [5.41, 5.74) is 1.000. The van der Waals surface area contributed by atoms with Gasteiger partial charge in [0, 0.05) is 19.7 Å². The highest BCUT2D eigenvalue weighted by Crippen LogP contribution is 2.32. The van der Waals surface area contributed by atoms with Crippen molar-refractivity contribution in [3.63, 3.8) is 0 Å². The van der Waals surface area contributed by atoms with Crippen molar-refractivity contribution in [2.75, 3.05) is 39.6 Å². The lowest BCUT2D eigenvalue weighted by Crippen LogP contribution is -2.42. The van der Waals surface area contributed by atoms with Crippen LogP contribution >= 0.6 is 0 Å². The van der Waals surface area contributed by atoms with Gasteiger partial charge < -0.3 is 29.3 Å². The highest BCUT2D eigenvalue weighted by molar-refractivity contribution is 5.44. The fourth-order valence-electron chi connectivity index (χ4n) is 3.16. The molecule has 2 heterocycles. The quantitative estimate of drug-likeness (QED) is 0.780. The van der Waals surface area contributed by atoms with Crippen LogP contribution in [0.3, 0.4) is 0 Å². The molecule has 0 spiro atoms. The smallest absolute Gasteiger partial charge is 0.231 e. The Morgan fingerprint density at radius 1 is 1.30 bits per heavy atom. The first kappa shape index (κ1) is 16.5. The van der Waals surface area contributed by atoms with Gasteiger partial charge in [-0.15, -0.1) is 0 Å². The van der Waals surface area contributed by atoms with Gasteiger partial charge in [0.2, 0.25) is 6.79 Å². The first-order valence-electron chi connectivity index (χ1n) is 8.22. The Hall–Kier alpha value is -1.34. The maximum absolute atomic E-state index is 10.1. The summed E-state index contributed by atoms with van der Waals surface area (Å²) in [5, 5.41) is 19.4. The van der Waals surface area contributed by atoms with Gasteiger partial charge in [0.05, 0.1) is 19.3 Å². The standard InChI is InChI=1S/C17H25NO5/c19-9-14-2-1-5-18(7-14)8-15(20)11-21-10-13-3-4-16-17(6-13)23-12-22-16/h3-4,6,14-15,19-20H,1-2,5,7-12H2. The van der Waals surface area contributed by atoms with Crippen molar-refractivity contribution in [3.8, 4) is 11.5 Å². The molecule has 0 radical (unpaired) electrons. The summed E-state index contributed by atoms with van der Waals surface area (Å²) >= 11 is 0. The zero-order valence-electron chi connectivity index (χ0n) is 13.3. The fraction of sp³-hybridized carbons (Fsp3) is 0.647. The van der Waals surface area contributed by atoms with Crippen LogP contribution in [0.25, 0.3) is 0 Å². The molecule has 2 unspecified atom stereocenters. The normalized spacial score (nSPS) is 22.3. The minimum atomic E-state index is -0.513. The zero-order valence-corrected chi connectivity index (χ0v) is 13.3. The molecule has 2 atom stereocenters. The van der Waals surface area contributed by atoms with E-state index in [1.54, 1.807) is 0 Å². The number of piperidine rings is 1. The molecule has 0 saturated carbocycles. The molecule has 23 heavy (non-hydrogen) atoms. The lowest BCUT2D eigenvalue weighted by Gasteiger charge is -2.33. The van der Waals surface area contributed by atoms with Crippen molar-refractivity contribution >= 4 is 0 Å². The van der Waals surface area contributed by atoms with Crippen molar-refractivity contribution in [1.29, 1.82) is 0 Å². The van der Waals surface area contributed by atoms with Gasteiger partial charge in [-0.3, -0.25) is 0 Å². The first-order chi connectivity index (χ1) is 11.2. The van der Waals surface area contributed by atoms with E-state index in [0.29, 0.717) is 25.7 Å². The van der Waals surface area contributed by atoms with Gasteiger partial charge in [0.1, 0.15) is 0 Å². The molecule has 128 valence electrons. The summed E-state index contributed by atoms with van der Waals surface area (Å²) in [4.78, 5) is 2.21. The first-order valence-corrected chi connectivity index (χ1v) is 8.22. The molecule has 1 fully saturated rings. The summed E-state index contributed by atoms with van der Waals surface area (Å²) in [7, 11) is 0. The number of hydrogen-bond donors (Lipinski definition) is 2. The number of rotatable bonds is 7. The molecule has 1 saturated heterocycles. The minimum absolute atomic E-state index is 0.229. The van der Waals surface area contributed by atoms with E-state index in [2.05, 4.69) is 4.90 Å². The molecule has 6 nitrogen and oxygen atoms in total. The Labute approximate surface area is 136 Å². The Bertz CT molecular complexity index is 510. The van der Waals surface area contributed by atoms with Crippen LogP contribution in [-0.2, 0) is 11.3 Å². The summed E-state index contributed by atoms with van der Waals surface area (Å²) in [6.45, 7) is 3.67. The molecule has 0 aliphatic carbocycles. The highest BCUT2D eigenvalue weighted by Gasteiger charge is 2.21. The van der Waals surface area contributed by atoms with Crippen LogP contribution < -0.4 is 9.47 Å². The molecular formula is C17H25NO5. The largest absolute Gasteiger partial charge is 0.454 e. The number of β-amino-alcohol motifs (C(OH)–C–C–N with tert-alkyl or cyclic N) is 1. The number of likely N-dealkylation sites (tertiary alicyclic amines) is 1. The second kappa shape index (κ2) is 7.97. The Kier molecular flexibility index (Phi) is 5.72. The predicted octanol–water partition coefficient (Wildman–Crippen LogP) is 0.997. The molecule has 2 aliphatic rings. The predicted molar refractivity (Wildman–Crippen MR) is 84.5 cm³/mol. The van der Waals surface area contributed by atoms with Crippen molar-refractivity contribution in [3.05, 3.63) is 23.8 Å². The molecule has 0 amide bonds. The number of ether oxygens (including phenoxy) is 3. The molecule has 1 aromatic rings. The van der Waals surface area contributed by atoms with Gasteiger partial charge in [0.25, 0.3) is 0 Å². The number of aliphatic hydroxyl groups is 2. The van der Waals surface area contributed by atoms with Gasteiger partial charge >= 0.3 is 0 Å². The molecule has 2 aliphatic heterocycles. The monoisotopic (exact) mass is 323 g/mol. The Morgan fingerprint density at radius 3 is 3.04 bits per heavy atom. The SMILES string of the molecule is OCC1CCCN(CC(O)COCc2ccc3c(c2)OCO3)C1. The summed E-state index contributed by atoms with van der Waals surface area (Å²) < 4.78 is 16.2. The zero-order chi connectivity index (χ0) is 16.1. The maximum atomic E-state index is 10.1. The van der Waals surface area contributed by atoms with Gasteiger partial charge in [-0.1, -0.05) is 6.07 Å². The fourth-order valence-corrected chi connectivity index (χ4v) is 3.16. The number of fused-ring (bicyclic) bond motifs is 1. The van der Waals surface area contributed by atoms with E-state index in [1.165, 1.54) is 0 Å². The summed E-state index contributed by atoms with van der Waals surface area (Å²) in [5.74, 6) is 1.85. The summed E-state index contributed by atoms with van der Waals surface area (Å²) in [6.07, 6.45) is 1.64. The van der Waals surface area contributed by atoms with E-state index in [0.717, 1.165) is 43.0 Å². The molecule has 3 rings (SSSR count). The number of aliphatic hydroxyl groups excluding tert-OH is 2.